The number of rotatable bonds is 5. The lowest BCUT2D eigenvalue weighted by Gasteiger charge is -2.13. The van der Waals surface area contributed by atoms with Gasteiger partial charge in [0.2, 0.25) is 0 Å². The molecule has 0 amide bonds. The van der Waals surface area contributed by atoms with Gasteiger partial charge < -0.3 is 25.2 Å². The van der Waals surface area contributed by atoms with Gasteiger partial charge in [-0.2, -0.15) is 0 Å². The number of benzene rings is 1. The molecule has 1 aromatic carbocycles. The van der Waals surface area contributed by atoms with E-state index in [1.165, 1.54) is 24.3 Å². The molecule has 0 atom stereocenters. The van der Waals surface area contributed by atoms with E-state index < -0.39 is 18.5 Å². The van der Waals surface area contributed by atoms with Gasteiger partial charge in [-0.05, 0) is 17.7 Å². The van der Waals surface area contributed by atoms with Crippen LogP contribution in [0.1, 0.15) is 29.3 Å². The van der Waals surface area contributed by atoms with E-state index in [9.17, 15) is 4.79 Å². The first-order valence-electron chi connectivity index (χ1n) is 5.31. The molecule has 0 aliphatic heterocycles. The number of hydrogen-bond acceptors (Lipinski definition) is 6. The zero-order valence-electron chi connectivity index (χ0n) is 9.93. The van der Waals surface area contributed by atoms with Crippen LogP contribution in [0.3, 0.4) is 0 Å². The van der Waals surface area contributed by atoms with Gasteiger partial charge in [-0.1, -0.05) is 18.7 Å². The lowest BCUT2D eigenvalue weighted by Crippen LogP contribution is -2.05. The van der Waals surface area contributed by atoms with Crippen molar-refractivity contribution in [1.82, 2.24) is 0 Å². The van der Waals surface area contributed by atoms with Crippen molar-refractivity contribution in [2.45, 2.75) is 12.6 Å². The van der Waals surface area contributed by atoms with Crippen LogP contribution in [0, 0.1) is 0 Å². The second kappa shape index (κ2) is 6.81. The summed E-state index contributed by atoms with van der Waals surface area (Å²) < 4.78 is 4.46. The van der Waals surface area contributed by atoms with E-state index in [2.05, 4.69) is 11.3 Å². The topological polar surface area (TPSA) is 107 Å². The van der Waals surface area contributed by atoms with Crippen LogP contribution in [-0.4, -0.2) is 26.4 Å². The first-order valence-corrected chi connectivity index (χ1v) is 5.31. The van der Waals surface area contributed by atoms with Crippen molar-refractivity contribution in [3.8, 4) is 0 Å². The highest BCUT2D eigenvalue weighted by Crippen LogP contribution is 2.23. The molecule has 0 bridgehead atoms. The molecule has 0 unspecified atom stereocenters. The van der Waals surface area contributed by atoms with Gasteiger partial charge in [0.1, 0.15) is 0 Å². The summed E-state index contributed by atoms with van der Waals surface area (Å²) in [6, 6.07) is 4.12. The summed E-state index contributed by atoms with van der Waals surface area (Å²) >= 11 is 0. The zero-order valence-corrected chi connectivity index (χ0v) is 9.93. The first kappa shape index (κ1) is 15.1. The fourth-order valence-corrected chi connectivity index (χ4v) is 1.44. The number of hydrogen-bond donors (Lipinski definition) is 4. The van der Waals surface area contributed by atoms with E-state index >= 15 is 0 Å². The molecular weight excluding hydrogens is 252 g/mol. The molecule has 0 saturated heterocycles. The molecule has 6 heteroatoms. The Kier molecular flexibility index (Phi) is 5.40. The molecule has 0 aromatic heterocycles. The molecule has 0 aliphatic carbocycles. The monoisotopic (exact) mass is 266 g/mol. The van der Waals surface area contributed by atoms with E-state index in [4.69, 9.17) is 20.4 Å². The largest absolute Gasteiger partial charge is 0.432 e. The summed E-state index contributed by atoms with van der Waals surface area (Å²) in [6.07, 6.45) is -0.183. The number of carbonyl (C=O) groups is 1. The Balaban J connectivity index is 3.02. The summed E-state index contributed by atoms with van der Waals surface area (Å²) in [5.41, 5.74) is 0.378. The van der Waals surface area contributed by atoms with Gasteiger partial charge in [-0.25, -0.2) is 4.79 Å². The molecule has 0 fully saturated rings. The van der Waals surface area contributed by atoms with E-state index in [0.29, 0.717) is 5.56 Å². The Morgan fingerprint density at radius 2 is 1.79 bits per heavy atom. The predicted molar refractivity (Wildman–Crippen MR) is 66.1 cm³/mol. The predicted octanol–water partition coefficient (Wildman–Crippen LogP) is 0.353. The lowest BCUT2D eigenvalue weighted by molar-refractivity contribution is -0.132. The minimum Gasteiger partial charge on any atom is -0.432 e. The second-order valence-corrected chi connectivity index (χ2v) is 3.57. The highest BCUT2D eigenvalue weighted by Gasteiger charge is 2.14. The van der Waals surface area contributed by atoms with E-state index in [1.807, 2.05) is 0 Å². The summed E-state index contributed by atoms with van der Waals surface area (Å²) in [7, 11) is 0. The maximum atomic E-state index is 11.1. The van der Waals surface area contributed by atoms with Gasteiger partial charge in [-0.3, -0.25) is 0 Å². The summed E-state index contributed by atoms with van der Waals surface area (Å²) in [6.45, 7) is 3.23. The van der Waals surface area contributed by atoms with Crippen molar-refractivity contribution in [3.63, 3.8) is 0 Å². The Morgan fingerprint density at radius 1 is 1.16 bits per heavy atom. The van der Waals surface area contributed by atoms with Gasteiger partial charge >= 0.3 is 5.97 Å². The van der Waals surface area contributed by atoms with Crippen molar-refractivity contribution in [3.05, 3.63) is 53.8 Å². The molecule has 6 nitrogen and oxygen atoms in total. The third kappa shape index (κ3) is 4.31. The van der Waals surface area contributed by atoms with Gasteiger partial charge in [0.25, 0.3) is 0 Å². The molecule has 0 saturated carbocycles. The minimum atomic E-state index is -1.86. The molecule has 102 valence electrons. The smallest absolute Gasteiger partial charge is 0.335 e. The maximum Gasteiger partial charge on any atom is 0.335 e. The Labute approximate surface area is 109 Å². The van der Waals surface area contributed by atoms with E-state index in [-0.39, 0.29) is 11.1 Å². The Morgan fingerprint density at radius 3 is 2.32 bits per heavy atom. The number of carbonyl (C=O) groups excluding carboxylic acids is 1. The van der Waals surface area contributed by atoms with Crippen LogP contribution in [0.15, 0.2) is 37.1 Å². The third-order valence-electron chi connectivity index (χ3n) is 2.28. The Hall–Kier alpha value is -1.99. The quantitative estimate of drug-likeness (QED) is 0.265. The molecule has 4 N–H and O–H groups in total. The molecule has 19 heavy (non-hydrogen) atoms. The summed E-state index contributed by atoms with van der Waals surface area (Å²) in [5, 5.41) is 36.4. The third-order valence-corrected chi connectivity index (χ3v) is 2.28. The number of ether oxygens (including phenoxy) is 1. The standard InChI is InChI=1S/C13H14O6/c1-2-19-11(14)6-4-8-3-5-9(12(15)16)10(7-8)13(17)18/h2-7,12-13,15-18H,1H2. The fraction of sp³-hybridized carbons (Fsp3) is 0.154. The molecule has 1 rings (SSSR count). The molecule has 0 aliphatic rings. The van der Waals surface area contributed by atoms with Crippen molar-refractivity contribution < 1.29 is 30.0 Å². The van der Waals surface area contributed by atoms with Gasteiger partial charge in [0, 0.05) is 17.2 Å². The fourth-order valence-electron chi connectivity index (χ4n) is 1.44. The van der Waals surface area contributed by atoms with Crippen LogP contribution in [0.25, 0.3) is 6.08 Å². The first-order chi connectivity index (χ1) is 8.95. The van der Waals surface area contributed by atoms with Crippen molar-refractivity contribution in [2.24, 2.45) is 0 Å². The van der Waals surface area contributed by atoms with E-state index in [0.717, 1.165) is 12.3 Å². The summed E-state index contributed by atoms with van der Waals surface area (Å²) in [4.78, 5) is 11.1. The summed E-state index contributed by atoms with van der Waals surface area (Å²) in [5.74, 6) is -0.632. The number of aliphatic hydroxyl groups excluding tert-OH is 2. The van der Waals surface area contributed by atoms with Crippen LogP contribution in [0.2, 0.25) is 0 Å². The van der Waals surface area contributed by atoms with Crippen LogP contribution in [-0.2, 0) is 9.53 Å². The van der Waals surface area contributed by atoms with Crippen molar-refractivity contribution in [1.29, 1.82) is 0 Å². The van der Waals surface area contributed by atoms with E-state index in [1.54, 1.807) is 0 Å². The second-order valence-electron chi connectivity index (χ2n) is 3.57. The van der Waals surface area contributed by atoms with Crippen LogP contribution < -0.4 is 0 Å². The lowest BCUT2D eigenvalue weighted by atomic mass is 10.0. The average molecular weight is 266 g/mol. The Bertz CT molecular complexity index is 490. The van der Waals surface area contributed by atoms with Gasteiger partial charge in [-0.15, -0.1) is 0 Å². The highest BCUT2D eigenvalue weighted by atomic mass is 16.5. The molecule has 0 spiro atoms. The van der Waals surface area contributed by atoms with Crippen LogP contribution in [0.4, 0.5) is 0 Å². The maximum absolute atomic E-state index is 11.1. The number of esters is 1. The van der Waals surface area contributed by atoms with Gasteiger partial charge in [0.15, 0.2) is 12.6 Å². The molecule has 1 aromatic rings. The SMILES string of the molecule is C=COC(=O)C=Cc1ccc(C(O)O)c(C(O)O)c1. The normalized spacial score (nSPS) is 11.3. The zero-order chi connectivity index (χ0) is 14.4. The van der Waals surface area contributed by atoms with Crippen LogP contribution in [0.5, 0.6) is 0 Å². The molecule has 0 radical (unpaired) electrons. The molecule has 0 heterocycles. The highest BCUT2D eigenvalue weighted by molar-refractivity contribution is 5.87. The van der Waals surface area contributed by atoms with Crippen LogP contribution >= 0.6 is 0 Å². The molecular formula is C13H14O6. The van der Waals surface area contributed by atoms with Crippen molar-refractivity contribution >= 4 is 12.0 Å². The van der Waals surface area contributed by atoms with Gasteiger partial charge in [0.05, 0.1) is 6.26 Å². The minimum absolute atomic E-state index is 0.0270. The van der Waals surface area contributed by atoms with Crippen molar-refractivity contribution in [2.75, 3.05) is 0 Å². The number of aliphatic hydroxyl groups is 4. The average Bonchev–Trinajstić information content (AvgIpc) is 2.36.